The highest BCUT2D eigenvalue weighted by Gasteiger charge is 2.37. The molecular weight excluding hydrogens is 460 g/mol. The molecule has 1 heterocycles. The molecule has 0 unspecified atom stereocenters. The summed E-state index contributed by atoms with van der Waals surface area (Å²) in [6.07, 6.45) is -0.985. The first-order valence-corrected chi connectivity index (χ1v) is 13.2. The van der Waals surface area contributed by atoms with E-state index in [0.717, 1.165) is 11.1 Å². The highest BCUT2D eigenvalue weighted by molar-refractivity contribution is 7.92. The number of anilines is 1. The number of amides is 1. The third-order valence-electron chi connectivity index (χ3n) is 6.27. The van der Waals surface area contributed by atoms with Crippen LogP contribution in [0.2, 0.25) is 0 Å². The minimum atomic E-state index is -3.88. The molecule has 3 aromatic rings. The van der Waals surface area contributed by atoms with E-state index < -0.39 is 16.1 Å². The minimum absolute atomic E-state index is 0.0424. The quantitative estimate of drug-likeness (QED) is 0.536. The molecule has 0 saturated heterocycles. The van der Waals surface area contributed by atoms with Crippen LogP contribution in [0.15, 0.2) is 77.7 Å². The van der Waals surface area contributed by atoms with Gasteiger partial charge in [-0.3, -0.25) is 9.10 Å². The van der Waals surface area contributed by atoms with Crippen LogP contribution in [-0.4, -0.2) is 27.0 Å². The largest absolute Gasteiger partial charge is 0.476 e. The second kappa shape index (κ2) is 9.38. The number of nitrogens with zero attached hydrogens (tertiary/aromatic N) is 1. The van der Waals surface area contributed by atoms with Crippen LogP contribution in [0.25, 0.3) is 0 Å². The molecule has 0 fully saturated rings. The van der Waals surface area contributed by atoms with Crippen molar-refractivity contribution in [2.75, 3.05) is 10.8 Å². The third-order valence-corrected chi connectivity index (χ3v) is 8.07. The van der Waals surface area contributed by atoms with Gasteiger partial charge >= 0.3 is 0 Å². The van der Waals surface area contributed by atoms with Gasteiger partial charge in [-0.25, -0.2) is 8.42 Å². The predicted molar refractivity (Wildman–Crippen MR) is 138 cm³/mol. The van der Waals surface area contributed by atoms with Crippen molar-refractivity contribution in [3.63, 3.8) is 0 Å². The molecule has 1 aliphatic rings. The smallest absolute Gasteiger partial charge is 0.264 e. The number of aryl methyl sites for hydroxylation is 1. The Balaban J connectivity index is 1.57. The van der Waals surface area contributed by atoms with E-state index in [-0.39, 0.29) is 28.8 Å². The third kappa shape index (κ3) is 5.20. The number of hydrogen-bond acceptors (Lipinski definition) is 4. The average Bonchev–Trinajstić information content (AvgIpc) is 2.83. The summed E-state index contributed by atoms with van der Waals surface area (Å²) in [6, 6.07) is 21.5. The van der Waals surface area contributed by atoms with Gasteiger partial charge in [0.2, 0.25) is 0 Å². The van der Waals surface area contributed by atoms with Crippen LogP contribution in [0.4, 0.5) is 5.69 Å². The van der Waals surface area contributed by atoms with Gasteiger partial charge in [0.05, 0.1) is 23.2 Å². The Morgan fingerprint density at radius 1 is 1.00 bits per heavy atom. The molecular formula is C28H32N2O4S. The maximum Gasteiger partial charge on any atom is 0.264 e. The van der Waals surface area contributed by atoms with Crippen molar-refractivity contribution in [3.8, 4) is 5.75 Å². The van der Waals surface area contributed by atoms with Gasteiger partial charge in [-0.2, -0.15) is 0 Å². The molecule has 0 spiro atoms. The fourth-order valence-electron chi connectivity index (χ4n) is 4.07. The van der Waals surface area contributed by atoms with Gasteiger partial charge in [0.1, 0.15) is 5.75 Å². The number of benzene rings is 3. The molecule has 1 N–H and O–H groups in total. The monoisotopic (exact) mass is 492 g/mol. The highest BCUT2D eigenvalue weighted by atomic mass is 32.2. The number of fused-ring (bicyclic) bond motifs is 1. The standard InChI is InChI=1S/C28H32N2O4S/c1-19-10-16-23(17-11-19)35(32,33)30-18-26(34-25-9-7-6-8-24(25)30)27(31)29-20(2)21-12-14-22(15-13-21)28(3,4)5/h6-17,20,26H,18H2,1-5H3,(H,29,31)/t20-,26-/m0/s1. The van der Waals surface area contributed by atoms with Crippen molar-refractivity contribution in [2.45, 2.75) is 57.1 Å². The summed E-state index contributed by atoms with van der Waals surface area (Å²) >= 11 is 0. The number of rotatable bonds is 5. The van der Waals surface area contributed by atoms with E-state index in [9.17, 15) is 13.2 Å². The van der Waals surface area contributed by atoms with E-state index >= 15 is 0 Å². The van der Waals surface area contributed by atoms with Gasteiger partial charge in [-0.05, 0) is 54.7 Å². The number of para-hydroxylation sites is 2. The zero-order valence-electron chi connectivity index (χ0n) is 20.8. The summed E-state index contributed by atoms with van der Waals surface area (Å²) in [5, 5.41) is 2.99. The van der Waals surface area contributed by atoms with Gasteiger partial charge in [0, 0.05) is 0 Å². The number of hydrogen-bond donors (Lipinski definition) is 1. The molecule has 184 valence electrons. The minimum Gasteiger partial charge on any atom is -0.476 e. The number of ether oxygens (including phenoxy) is 1. The first kappa shape index (κ1) is 24.8. The first-order valence-electron chi connectivity index (χ1n) is 11.7. The van der Waals surface area contributed by atoms with Crippen LogP contribution in [-0.2, 0) is 20.2 Å². The van der Waals surface area contributed by atoms with Gasteiger partial charge in [0.15, 0.2) is 6.10 Å². The maximum absolute atomic E-state index is 13.5. The second-order valence-corrected chi connectivity index (χ2v) is 11.9. The normalized spacial score (nSPS) is 16.7. The maximum atomic E-state index is 13.5. The van der Waals surface area contributed by atoms with E-state index in [1.807, 2.05) is 26.0 Å². The van der Waals surface area contributed by atoms with Crippen molar-refractivity contribution in [2.24, 2.45) is 0 Å². The molecule has 6 nitrogen and oxygen atoms in total. The van der Waals surface area contributed by atoms with Crippen LogP contribution >= 0.6 is 0 Å². The fraction of sp³-hybridized carbons (Fsp3) is 0.321. The van der Waals surface area contributed by atoms with Gasteiger partial charge in [-0.15, -0.1) is 0 Å². The lowest BCUT2D eigenvalue weighted by molar-refractivity contribution is -0.128. The van der Waals surface area contributed by atoms with E-state index in [1.165, 1.54) is 9.87 Å². The van der Waals surface area contributed by atoms with Gasteiger partial charge in [0.25, 0.3) is 15.9 Å². The van der Waals surface area contributed by atoms with Crippen LogP contribution in [0, 0.1) is 6.92 Å². The summed E-state index contributed by atoms with van der Waals surface area (Å²) in [7, 11) is -3.88. The molecule has 0 saturated carbocycles. The van der Waals surface area contributed by atoms with Crippen molar-refractivity contribution in [1.82, 2.24) is 5.32 Å². The molecule has 2 atom stereocenters. The lowest BCUT2D eigenvalue weighted by Gasteiger charge is -2.35. The molecule has 1 aliphatic heterocycles. The Morgan fingerprint density at radius 2 is 1.63 bits per heavy atom. The van der Waals surface area contributed by atoms with Gasteiger partial charge < -0.3 is 10.1 Å². The van der Waals surface area contributed by atoms with E-state index in [4.69, 9.17) is 4.74 Å². The number of carbonyl (C=O) groups is 1. The Labute approximate surface area is 208 Å². The molecule has 3 aromatic carbocycles. The molecule has 35 heavy (non-hydrogen) atoms. The predicted octanol–water partition coefficient (Wildman–Crippen LogP) is 5.13. The van der Waals surface area contributed by atoms with Crippen LogP contribution in [0.5, 0.6) is 5.75 Å². The van der Waals surface area contributed by atoms with Crippen LogP contribution in [0.3, 0.4) is 0 Å². The number of nitrogens with one attached hydrogen (secondary N) is 1. The Hall–Kier alpha value is -3.32. The summed E-state index contributed by atoms with van der Waals surface area (Å²) < 4.78 is 34.3. The average molecular weight is 493 g/mol. The summed E-state index contributed by atoms with van der Waals surface area (Å²) in [5.74, 6) is -0.00669. The molecule has 4 rings (SSSR count). The summed E-state index contributed by atoms with van der Waals surface area (Å²) in [6.45, 7) is 10.2. The molecule has 0 aliphatic carbocycles. The summed E-state index contributed by atoms with van der Waals surface area (Å²) in [4.78, 5) is 13.4. The molecule has 0 aromatic heterocycles. The number of sulfonamides is 1. The lowest BCUT2D eigenvalue weighted by Crippen LogP contribution is -2.51. The molecule has 7 heteroatoms. The first-order chi connectivity index (χ1) is 16.5. The van der Waals surface area contributed by atoms with E-state index in [0.29, 0.717) is 11.4 Å². The highest BCUT2D eigenvalue weighted by Crippen LogP contribution is 2.37. The van der Waals surface area contributed by atoms with Crippen molar-refractivity contribution >= 4 is 21.6 Å². The Kier molecular flexibility index (Phi) is 6.64. The van der Waals surface area contributed by atoms with Gasteiger partial charge in [-0.1, -0.05) is 74.9 Å². The van der Waals surface area contributed by atoms with Crippen LogP contribution < -0.4 is 14.4 Å². The summed E-state index contributed by atoms with van der Waals surface area (Å²) in [5.41, 5.74) is 3.60. The lowest BCUT2D eigenvalue weighted by atomic mass is 9.86. The van der Waals surface area contributed by atoms with Crippen molar-refractivity contribution < 1.29 is 17.9 Å². The zero-order chi connectivity index (χ0) is 25.4. The molecule has 0 radical (unpaired) electrons. The van der Waals surface area contributed by atoms with Crippen molar-refractivity contribution in [1.29, 1.82) is 0 Å². The van der Waals surface area contributed by atoms with E-state index in [2.05, 4.69) is 38.2 Å². The molecule has 1 amide bonds. The van der Waals surface area contributed by atoms with E-state index in [1.54, 1.807) is 48.5 Å². The Morgan fingerprint density at radius 3 is 2.26 bits per heavy atom. The SMILES string of the molecule is Cc1ccc(S(=O)(=O)N2C[C@@H](C(=O)N[C@@H](C)c3ccc(C(C)(C)C)cc3)Oc3ccccc32)cc1. The second-order valence-electron chi connectivity index (χ2n) is 10.0. The Bertz CT molecular complexity index is 1310. The molecule has 0 bridgehead atoms. The topological polar surface area (TPSA) is 75.7 Å². The zero-order valence-corrected chi connectivity index (χ0v) is 21.6. The van der Waals surface area contributed by atoms with Crippen molar-refractivity contribution in [3.05, 3.63) is 89.5 Å². The fourth-order valence-corrected chi connectivity index (χ4v) is 5.54. The number of carbonyl (C=O) groups excluding carboxylic acids is 1. The van der Waals surface area contributed by atoms with Crippen LogP contribution in [0.1, 0.15) is 50.4 Å².